The number of hydrogen-bond donors (Lipinski definition) is 0. The molecule has 0 amide bonds. The fourth-order valence-electron chi connectivity index (χ4n) is 2.54. The van der Waals surface area contributed by atoms with E-state index >= 15 is 0 Å². The first-order valence-corrected chi connectivity index (χ1v) is 5.49. The highest BCUT2D eigenvalue weighted by molar-refractivity contribution is 4.65. The first-order valence-electron chi connectivity index (χ1n) is 5.49. The van der Waals surface area contributed by atoms with E-state index in [1.165, 1.54) is 49.6 Å². The molecule has 0 aromatic rings. The van der Waals surface area contributed by atoms with Gasteiger partial charge in [-0.2, -0.15) is 0 Å². The van der Waals surface area contributed by atoms with Gasteiger partial charge >= 0.3 is 0 Å². The molecule has 0 atom stereocenters. The average molecular weight is 170 g/mol. The van der Waals surface area contributed by atoms with Gasteiger partial charge in [-0.3, -0.25) is 0 Å². The summed E-state index contributed by atoms with van der Waals surface area (Å²) in [5.41, 5.74) is 0. The van der Waals surface area contributed by atoms with E-state index in [9.17, 15) is 0 Å². The predicted octanol–water partition coefficient (Wildman–Crippen LogP) is 2.81. The topological polar surface area (TPSA) is 0 Å². The SMILES string of the molecule is CCC[N+](C)(C)C1CCCCC1. The van der Waals surface area contributed by atoms with Crippen LogP contribution < -0.4 is 0 Å². The Morgan fingerprint density at radius 3 is 2.17 bits per heavy atom. The van der Waals surface area contributed by atoms with Crippen LogP contribution in [-0.4, -0.2) is 31.2 Å². The molecule has 0 saturated heterocycles. The van der Waals surface area contributed by atoms with Gasteiger partial charge in [-0.1, -0.05) is 13.3 Å². The third kappa shape index (κ3) is 2.48. The minimum absolute atomic E-state index is 0.957. The molecule has 1 nitrogen and oxygen atoms in total. The summed E-state index contributed by atoms with van der Waals surface area (Å²) in [6, 6.07) is 0.957. The minimum atomic E-state index is 0.957. The van der Waals surface area contributed by atoms with E-state index in [4.69, 9.17) is 0 Å². The predicted molar refractivity (Wildman–Crippen MR) is 54.1 cm³/mol. The Bertz CT molecular complexity index is 123. The van der Waals surface area contributed by atoms with Gasteiger partial charge in [0.2, 0.25) is 0 Å². The van der Waals surface area contributed by atoms with Gasteiger partial charge in [-0.25, -0.2) is 0 Å². The number of nitrogens with zero attached hydrogens (tertiary/aromatic N) is 1. The fourth-order valence-corrected chi connectivity index (χ4v) is 2.54. The summed E-state index contributed by atoms with van der Waals surface area (Å²) in [5.74, 6) is 0. The van der Waals surface area contributed by atoms with Crippen LogP contribution in [-0.2, 0) is 0 Å². The molecule has 72 valence electrons. The summed E-state index contributed by atoms with van der Waals surface area (Å²) in [7, 11) is 4.80. The number of quaternary nitrogens is 1. The summed E-state index contributed by atoms with van der Waals surface area (Å²) in [4.78, 5) is 0. The maximum atomic E-state index is 2.40. The molecule has 0 N–H and O–H groups in total. The lowest BCUT2D eigenvalue weighted by Crippen LogP contribution is -2.50. The molecule has 0 aliphatic heterocycles. The second-order valence-corrected chi connectivity index (χ2v) is 4.79. The molecule has 0 spiro atoms. The lowest BCUT2D eigenvalue weighted by Gasteiger charge is -2.40. The first kappa shape index (κ1) is 10.0. The molecule has 12 heavy (non-hydrogen) atoms. The van der Waals surface area contributed by atoms with Gasteiger partial charge in [0, 0.05) is 0 Å². The van der Waals surface area contributed by atoms with Crippen molar-refractivity contribution in [3.8, 4) is 0 Å². The zero-order valence-electron chi connectivity index (χ0n) is 8.97. The Morgan fingerprint density at radius 1 is 1.08 bits per heavy atom. The Labute approximate surface area is 77.4 Å². The normalized spacial score (nSPS) is 21.2. The molecule has 1 rings (SSSR count). The smallest absolute Gasteiger partial charge is 0.0886 e. The quantitative estimate of drug-likeness (QED) is 0.571. The van der Waals surface area contributed by atoms with Crippen molar-refractivity contribution in [2.75, 3.05) is 20.6 Å². The number of rotatable bonds is 3. The highest BCUT2D eigenvalue weighted by Crippen LogP contribution is 2.25. The molecule has 1 aliphatic rings. The van der Waals surface area contributed by atoms with Gasteiger partial charge in [0.05, 0.1) is 26.7 Å². The van der Waals surface area contributed by atoms with Crippen LogP contribution in [0.4, 0.5) is 0 Å². The summed E-state index contributed by atoms with van der Waals surface area (Å²) in [6.07, 6.45) is 8.66. The monoisotopic (exact) mass is 170 g/mol. The maximum absolute atomic E-state index is 2.40. The molecule has 0 bridgehead atoms. The first-order chi connectivity index (χ1) is 5.67. The van der Waals surface area contributed by atoms with Crippen molar-refractivity contribution in [1.29, 1.82) is 0 Å². The van der Waals surface area contributed by atoms with Crippen LogP contribution in [0.2, 0.25) is 0 Å². The Morgan fingerprint density at radius 2 is 1.67 bits per heavy atom. The standard InChI is InChI=1S/C11H24N/c1-4-10-12(2,3)11-8-6-5-7-9-11/h11H,4-10H2,1-3H3/q+1. The van der Waals surface area contributed by atoms with Gasteiger partial charge in [0.25, 0.3) is 0 Å². The summed E-state index contributed by atoms with van der Waals surface area (Å²) in [6.45, 7) is 3.65. The van der Waals surface area contributed by atoms with Crippen LogP contribution in [0.5, 0.6) is 0 Å². The van der Waals surface area contributed by atoms with E-state index in [2.05, 4.69) is 21.0 Å². The minimum Gasteiger partial charge on any atom is -0.326 e. The van der Waals surface area contributed by atoms with Crippen molar-refractivity contribution in [3.63, 3.8) is 0 Å². The van der Waals surface area contributed by atoms with Gasteiger partial charge in [-0.15, -0.1) is 0 Å². The van der Waals surface area contributed by atoms with Crippen molar-refractivity contribution < 1.29 is 4.48 Å². The van der Waals surface area contributed by atoms with Crippen molar-refractivity contribution in [1.82, 2.24) is 0 Å². The Hall–Kier alpha value is -0.0400. The van der Waals surface area contributed by atoms with E-state index in [0.29, 0.717) is 0 Å². The molecule has 0 heterocycles. The molecule has 0 radical (unpaired) electrons. The zero-order valence-corrected chi connectivity index (χ0v) is 8.97. The van der Waals surface area contributed by atoms with E-state index in [0.717, 1.165) is 6.04 Å². The Balaban J connectivity index is 2.41. The van der Waals surface area contributed by atoms with Crippen molar-refractivity contribution in [2.45, 2.75) is 51.5 Å². The van der Waals surface area contributed by atoms with Gasteiger partial charge in [-0.05, 0) is 32.1 Å². The van der Waals surface area contributed by atoms with Crippen LogP contribution in [0.15, 0.2) is 0 Å². The molecule has 1 heteroatoms. The van der Waals surface area contributed by atoms with Crippen LogP contribution in [0.25, 0.3) is 0 Å². The lowest BCUT2D eigenvalue weighted by molar-refractivity contribution is -0.916. The second kappa shape index (κ2) is 4.27. The van der Waals surface area contributed by atoms with Crippen LogP contribution in [0, 0.1) is 0 Å². The highest BCUT2D eigenvalue weighted by atomic mass is 15.3. The molecule has 0 aromatic heterocycles. The zero-order chi connectivity index (χ0) is 9.03. The average Bonchev–Trinajstić information content (AvgIpc) is 2.06. The molecule has 1 saturated carbocycles. The van der Waals surface area contributed by atoms with Gasteiger partial charge in [0.1, 0.15) is 0 Å². The van der Waals surface area contributed by atoms with Crippen molar-refractivity contribution in [3.05, 3.63) is 0 Å². The third-order valence-electron chi connectivity index (χ3n) is 3.36. The van der Waals surface area contributed by atoms with Gasteiger partial charge < -0.3 is 4.48 Å². The second-order valence-electron chi connectivity index (χ2n) is 4.79. The molecule has 1 aliphatic carbocycles. The molecule has 1 fully saturated rings. The van der Waals surface area contributed by atoms with Crippen molar-refractivity contribution >= 4 is 0 Å². The molecular formula is C11H24N+. The molecule has 0 aromatic carbocycles. The fraction of sp³-hybridized carbons (Fsp3) is 1.00. The summed E-state index contributed by atoms with van der Waals surface area (Å²) < 4.78 is 1.26. The molecular weight excluding hydrogens is 146 g/mol. The van der Waals surface area contributed by atoms with Crippen LogP contribution in [0.1, 0.15) is 45.4 Å². The summed E-state index contributed by atoms with van der Waals surface area (Å²) >= 11 is 0. The van der Waals surface area contributed by atoms with E-state index in [1.807, 2.05) is 0 Å². The summed E-state index contributed by atoms with van der Waals surface area (Å²) in [5, 5.41) is 0. The molecule has 0 unspecified atom stereocenters. The van der Waals surface area contributed by atoms with Crippen LogP contribution >= 0.6 is 0 Å². The van der Waals surface area contributed by atoms with Gasteiger partial charge in [0.15, 0.2) is 0 Å². The van der Waals surface area contributed by atoms with E-state index in [1.54, 1.807) is 0 Å². The maximum Gasteiger partial charge on any atom is 0.0886 e. The van der Waals surface area contributed by atoms with Crippen molar-refractivity contribution in [2.24, 2.45) is 0 Å². The van der Waals surface area contributed by atoms with Crippen LogP contribution in [0.3, 0.4) is 0 Å². The van der Waals surface area contributed by atoms with E-state index < -0.39 is 0 Å². The number of hydrogen-bond acceptors (Lipinski definition) is 0. The Kier molecular flexibility index (Phi) is 3.57. The third-order valence-corrected chi connectivity index (χ3v) is 3.36. The lowest BCUT2D eigenvalue weighted by atomic mass is 9.93. The van der Waals surface area contributed by atoms with E-state index in [-0.39, 0.29) is 0 Å². The largest absolute Gasteiger partial charge is 0.326 e. The highest BCUT2D eigenvalue weighted by Gasteiger charge is 2.28.